The minimum absolute atomic E-state index is 0.130. The highest BCUT2D eigenvalue weighted by atomic mass is 31.1. The summed E-state index contributed by atoms with van der Waals surface area (Å²) in [5.41, 5.74) is 0. The number of aromatic hydroxyl groups is 2. The third kappa shape index (κ3) is 4.10. The lowest BCUT2D eigenvalue weighted by molar-refractivity contribution is -0.177. The second-order valence-corrected chi connectivity index (χ2v) is 5.68. The number of hydrogen-bond acceptors (Lipinski definition) is 8. The molecule has 3 rings (SSSR count). The minimum atomic E-state index is -2.70. The largest absolute Gasteiger partial charge is 0.574 e. The lowest BCUT2D eigenvalue weighted by Crippen LogP contribution is -2.24. The molecule has 1 aliphatic rings. The Morgan fingerprint density at radius 1 is 1.30 bits per heavy atom. The van der Waals surface area contributed by atoms with Gasteiger partial charge in [-0.3, -0.25) is 0 Å². The number of β-amino-alcohol motifs (C(OH)–C–C–N with tert-alkyl or cyclic N) is 1. The number of aliphatic hydroxyl groups excluding tert-OH is 2. The third-order valence-corrected chi connectivity index (χ3v) is 3.68. The molecule has 0 bridgehead atoms. The SMILES string of the molecule is N=[P+]([O-])On1c(O)c2ccccc2c1O.OC[C@@H]1C[C@@H](O)CN1. The molecule has 10 heteroatoms. The molecule has 1 saturated heterocycles. The first-order valence-electron chi connectivity index (χ1n) is 6.84. The van der Waals surface area contributed by atoms with Gasteiger partial charge in [-0.05, 0) is 18.6 Å². The number of aromatic nitrogens is 1. The summed E-state index contributed by atoms with van der Waals surface area (Å²) in [7, 11) is -2.70. The minimum Gasteiger partial charge on any atom is -0.574 e. The fraction of sp³-hybridized carbons (Fsp3) is 0.385. The van der Waals surface area contributed by atoms with E-state index in [1.807, 2.05) is 0 Å². The van der Waals surface area contributed by atoms with Crippen LogP contribution in [0.3, 0.4) is 0 Å². The normalized spacial score (nSPS) is 20.9. The van der Waals surface area contributed by atoms with Crippen LogP contribution >= 0.6 is 8.17 Å². The molecule has 126 valence electrons. The lowest BCUT2D eigenvalue weighted by atomic mass is 10.2. The molecule has 2 aromatic rings. The maximum Gasteiger partial charge on any atom is 0.424 e. The monoisotopic (exact) mass is 343 g/mol. The van der Waals surface area contributed by atoms with Crippen LogP contribution in [0, 0.1) is 5.16 Å². The van der Waals surface area contributed by atoms with Gasteiger partial charge in [0.05, 0.1) is 23.5 Å². The van der Waals surface area contributed by atoms with Crippen LogP contribution in [0.4, 0.5) is 0 Å². The first kappa shape index (κ1) is 17.5. The molecule has 0 aliphatic carbocycles. The van der Waals surface area contributed by atoms with Crippen molar-refractivity contribution >= 4 is 18.9 Å². The molecule has 6 N–H and O–H groups in total. The average Bonchev–Trinajstić information content (AvgIpc) is 3.06. The number of benzene rings is 1. The van der Waals surface area contributed by atoms with Crippen molar-refractivity contribution in [1.82, 2.24) is 10.0 Å². The van der Waals surface area contributed by atoms with Gasteiger partial charge in [0.25, 0.3) is 0 Å². The number of fused-ring (bicyclic) bond motifs is 1. The van der Waals surface area contributed by atoms with E-state index in [9.17, 15) is 15.1 Å². The summed E-state index contributed by atoms with van der Waals surface area (Å²) in [5, 5.41) is 47.0. The Labute approximate surface area is 132 Å². The summed E-state index contributed by atoms with van der Waals surface area (Å²) in [6.07, 6.45) is 0.448. The van der Waals surface area contributed by atoms with Crippen LogP contribution in [-0.4, -0.2) is 50.5 Å². The summed E-state index contributed by atoms with van der Waals surface area (Å²) < 4.78 is 5.03. The Morgan fingerprint density at radius 2 is 1.87 bits per heavy atom. The second-order valence-electron chi connectivity index (χ2n) is 5.00. The zero-order valence-electron chi connectivity index (χ0n) is 12.1. The second kappa shape index (κ2) is 7.58. The van der Waals surface area contributed by atoms with Crippen molar-refractivity contribution in [3.63, 3.8) is 0 Å². The Balaban J connectivity index is 0.000000203. The Morgan fingerprint density at radius 3 is 2.22 bits per heavy atom. The van der Waals surface area contributed by atoms with Crippen LogP contribution in [-0.2, 0) is 0 Å². The van der Waals surface area contributed by atoms with E-state index in [0.29, 0.717) is 28.5 Å². The van der Waals surface area contributed by atoms with Crippen LogP contribution in [0.2, 0.25) is 0 Å². The van der Waals surface area contributed by atoms with Crippen molar-refractivity contribution in [2.75, 3.05) is 13.2 Å². The molecule has 0 amide bonds. The molecule has 0 radical (unpaired) electrons. The van der Waals surface area contributed by atoms with Crippen LogP contribution in [0.5, 0.6) is 11.8 Å². The predicted octanol–water partition coefficient (Wildman–Crippen LogP) is -0.383. The highest BCUT2D eigenvalue weighted by molar-refractivity contribution is 7.32. The van der Waals surface area contributed by atoms with Crippen LogP contribution in [0.15, 0.2) is 24.3 Å². The molecule has 3 atom stereocenters. The maximum atomic E-state index is 10.5. The van der Waals surface area contributed by atoms with Crippen molar-refractivity contribution in [3.8, 4) is 11.8 Å². The Hall–Kier alpha value is -1.90. The molecule has 9 nitrogen and oxygen atoms in total. The smallest absolute Gasteiger partial charge is 0.424 e. The quantitative estimate of drug-likeness (QED) is 0.415. The zero-order chi connectivity index (χ0) is 17.0. The van der Waals surface area contributed by atoms with E-state index in [1.165, 1.54) is 0 Å². The topological polar surface area (TPSA) is 154 Å². The maximum absolute atomic E-state index is 10.5. The summed E-state index contributed by atoms with van der Waals surface area (Å²) in [4.78, 5) is 10.5. The van der Waals surface area contributed by atoms with Crippen molar-refractivity contribution in [2.45, 2.75) is 18.6 Å². The molecular formula is C13H18N3O6P. The molecule has 1 unspecified atom stereocenters. The van der Waals surface area contributed by atoms with Crippen molar-refractivity contribution < 1.29 is 29.9 Å². The van der Waals surface area contributed by atoms with Gasteiger partial charge in [-0.2, -0.15) is 4.62 Å². The fourth-order valence-corrected chi connectivity index (χ4v) is 2.58. The van der Waals surface area contributed by atoms with Gasteiger partial charge >= 0.3 is 8.17 Å². The Kier molecular flexibility index (Phi) is 5.75. The summed E-state index contributed by atoms with van der Waals surface area (Å²) in [6.45, 7) is 0.766. The summed E-state index contributed by atoms with van der Waals surface area (Å²) >= 11 is 0. The first-order chi connectivity index (χ1) is 10.9. The molecule has 0 saturated carbocycles. The highest BCUT2D eigenvalue weighted by Gasteiger charge is 2.20. The summed E-state index contributed by atoms with van der Waals surface area (Å²) in [6, 6.07) is 6.62. The van der Waals surface area contributed by atoms with Gasteiger partial charge < -0.3 is 30.6 Å². The van der Waals surface area contributed by atoms with Gasteiger partial charge in [0.1, 0.15) is 0 Å². The molecule has 1 fully saturated rings. The van der Waals surface area contributed by atoms with Crippen LogP contribution in [0.1, 0.15) is 6.42 Å². The number of rotatable bonds is 3. The first-order valence-corrected chi connectivity index (χ1v) is 8.02. The van der Waals surface area contributed by atoms with E-state index in [0.717, 1.165) is 0 Å². The van der Waals surface area contributed by atoms with E-state index >= 15 is 0 Å². The van der Waals surface area contributed by atoms with Gasteiger partial charge in [0.15, 0.2) is 0 Å². The molecule has 1 aromatic carbocycles. The van der Waals surface area contributed by atoms with Crippen LogP contribution in [0.25, 0.3) is 10.8 Å². The van der Waals surface area contributed by atoms with Crippen molar-refractivity contribution in [3.05, 3.63) is 24.3 Å². The number of nitrogens with one attached hydrogen (secondary N) is 2. The molecule has 23 heavy (non-hydrogen) atoms. The number of hydrogen-bond donors (Lipinski definition) is 6. The van der Waals surface area contributed by atoms with Gasteiger partial charge in [-0.15, -0.1) is 0 Å². The molecule has 0 spiro atoms. The lowest BCUT2D eigenvalue weighted by Gasteiger charge is -2.01. The van der Waals surface area contributed by atoms with Gasteiger partial charge in [-0.1, -0.05) is 22.0 Å². The van der Waals surface area contributed by atoms with E-state index in [4.69, 9.17) is 15.4 Å². The standard InChI is InChI=1S/C8H7N2O4P.C5H11NO2/c9-15(13)14-10-7(11)5-3-1-2-4-6(5)8(10)12;7-3-4-1-5(8)2-6-4/h1-4,9,11-12H;4-8H,1-3H2/t;4-,5+/m.0/s1. The van der Waals surface area contributed by atoms with Crippen LogP contribution < -0.4 is 14.8 Å². The highest BCUT2D eigenvalue weighted by Crippen LogP contribution is 2.36. The van der Waals surface area contributed by atoms with E-state index < -0.39 is 8.17 Å². The molecule has 1 aromatic heterocycles. The number of aliphatic hydroxyl groups is 2. The number of nitrogens with zero attached hydrogens (tertiary/aromatic N) is 1. The van der Waals surface area contributed by atoms with Gasteiger partial charge in [0, 0.05) is 12.6 Å². The molecule has 2 heterocycles. The molecular weight excluding hydrogens is 325 g/mol. The van der Waals surface area contributed by atoms with E-state index in [-0.39, 0.29) is 30.5 Å². The van der Waals surface area contributed by atoms with E-state index in [1.54, 1.807) is 24.3 Å². The third-order valence-electron chi connectivity index (χ3n) is 3.37. The fourth-order valence-electron chi connectivity index (χ4n) is 2.28. The van der Waals surface area contributed by atoms with Gasteiger partial charge in [0.2, 0.25) is 11.8 Å². The average molecular weight is 343 g/mol. The Bertz CT molecular complexity index is 653. The predicted molar refractivity (Wildman–Crippen MR) is 81.0 cm³/mol. The summed E-state index contributed by atoms with van der Waals surface area (Å²) in [5.74, 6) is -0.752. The zero-order valence-corrected chi connectivity index (χ0v) is 13.0. The van der Waals surface area contributed by atoms with Crippen molar-refractivity contribution in [1.29, 1.82) is 5.16 Å². The van der Waals surface area contributed by atoms with Crippen molar-refractivity contribution in [2.24, 2.45) is 0 Å². The van der Waals surface area contributed by atoms with Gasteiger partial charge in [-0.25, -0.2) is 0 Å². The molecule has 1 aliphatic heterocycles. The van der Waals surface area contributed by atoms with E-state index in [2.05, 4.69) is 9.94 Å².